The van der Waals surface area contributed by atoms with Crippen molar-refractivity contribution < 1.29 is 9.53 Å². The normalized spacial score (nSPS) is 16.5. The number of anilines is 1. The van der Waals surface area contributed by atoms with Crippen LogP contribution in [0, 0.1) is 0 Å². The first kappa shape index (κ1) is 17.1. The summed E-state index contributed by atoms with van der Waals surface area (Å²) >= 11 is 3.41. The molecular weight excluding hydrogens is 368 g/mol. The summed E-state index contributed by atoms with van der Waals surface area (Å²) in [5, 5.41) is 3.04. The molecule has 0 saturated carbocycles. The number of amides is 1. The molecule has 3 rings (SSSR count). The number of carbonyl (C=O) groups is 1. The standard InChI is InChI=1S/C19H21BrN2O2/c20-16-6-8-17(9-7-16)21-19(23)18(22-10-12-24-13-11-22)14-15-4-2-1-3-5-15/h1-9,18H,10-14H2,(H,21,23). The maximum absolute atomic E-state index is 12.9. The number of nitrogens with zero attached hydrogens (tertiary/aromatic N) is 1. The number of hydrogen-bond donors (Lipinski definition) is 1. The highest BCUT2D eigenvalue weighted by Crippen LogP contribution is 2.17. The van der Waals surface area contributed by atoms with Crippen molar-refractivity contribution in [3.05, 3.63) is 64.6 Å². The van der Waals surface area contributed by atoms with E-state index in [-0.39, 0.29) is 11.9 Å². The zero-order chi connectivity index (χ0) is 16.8. The van der Waals surface area contributed by atoms with E-state index in [1.165, 1.54) is 5.56 Å². The first-order valence-corrected chi connectivity index (χ1v) is 8.94. The first-order valence-electron chi connectivity index (χ1n) is 8.14. The molecular formula is C19H21BrN2O2. The summed E-state index contributed by atoms with van der Waals surface area (Å²) in [5.41, 5.74) is 1.98. The molecule has 1 aliphatic heterocycles. The van der Waals surface area contributed by atoms with Crippen LogP contribution in [0.25, 0.3) is 0 Å². The number of carbonyl (C=O) groups excluding carboxylic acids is 1. The van der Waals surface area contributed by atoms with Crippen LogP contribution in [0.15, 0.2) is 59.1 Å². The van der Waals surface area contributed by atoms with Gasteiger partial charge in [-0.2, -0.15) is 0 Å². The van der Waals surface area contributed by atoms with Gasteiger partial charge in [-0.15, -0.1) is 0 Å². The molecule has 5 heteroatoms. The van der Waals surface area contributed by atoms with Crippen molar-refractivity contribution in [1.29, 1.82) is 0 Å². The van der Waals surface area contributed by atoms with Gasteiger partial charge in [-0.05, 0) is 36.2 Å². The molecule has 4 nitrogen and oxygen atoms in total. The van der Waals surface area contributed by atoms with E-state index in [1.54, 1.807) is 0 Å². The molecule has 24 heavy (non-hydrogen) atoms. The van der Waals surface area contributed by atoms with Crippen LogP contribution in [0.4, 0.5) is 5.69 Å². The molecule has 126 valence electrons. The van der Waals surface area contributed by atoms with Gasteiger partial charge in [0.05, 0.1) is 19.3 Å². The first-order chi connectivity index (χ1) is 11.7. The second kappa shape index (κ2) is 8.42. The molecule has 0 aliphatic carbocycles. The van der Waals surface area contributed by atoms with E-state index in [9.17, 15) is 4.79 Å². The molecule has 1 atom stereocenters. The Morgan fingerprint density at radius 1 is 1.08 bits per heavy atom. The molecule has 2 aromatic rings. The van der Waals surface area contributed by atoms with E-state index in [2.05, 4.69) is 38.3 Å². The average Bonchev–Trinajstić information content (AvgIpc) is 2.63. The molecule has 0 radical (unpaired) electrons. The fourth-order valence-corrected chi connectivity index (χ4v) is 3.14. The second-order valence-corrected chi connectivity index (χ2v) is 6.77. The number of morpholine rings is 1. The van der Waals surface area contributed by atoms with Gasteiger partial charge in [-0.25, -0.2) is 0 Å². The minimum atomic E-state index is -0.194. The van der Waals surface area contributed by atoms with Crippen LogP contribution >= 0.6 is 15.9 Å². The molecule has 1 fully saturated rings. The SMILES string of the molecule is O=C(Nc1ccc(Br)cc1)C(Cc1ccccc1)N1CCOCC1. The number of ether oxygens (including phenoxy) is 1. The Labute approximate surface area is 150 Å². The lowest BCUT2D eigenvalue weighted by Crippen LogP contribution is -2.50. The van der Waals surface area contributed by atoms with Crippen molar-refractivity contribution in [3.8, 4) is 0 Å². The molecule has 1 saturated heterocycles. The van der Waals surface area contributed by atoms with E-state index in [0.29, 0.717) is 19.6 Å². The van der Waals surface area contributed by atoms with Crippen molar-refractivity contribution in [2.75, 3.05) is 31.6 Å². The van der Waals surface area contributed by atoms with Crippen molar-refractivity contribution in [1.82, 2.24) is 4.90 Å². The lowest BCUT2D eigenvalue weighted by atomic mass is 10.0. The van der Waals surface area contributed by atoms with Gasteiger partial charge < -0.3 is 10.1 Å². The van der Waals surface area contributed by atoms with Gasteiger partial charge in [0, 0.05) is 23.2 Å². The number of benzene rings is 2. The molecule has 1 N–H and O–H groups in total. The Bertz CT molecular complexity index is 655. The van der Waals surface area contributed by atoms with Crippen molar-refractivity contribution >= 4 is 27.5 Å². The minimum Gasteiger partial charge on any atom is -0.379 e. The molecule has 1 aliphatic rings. The lowest BCUT2D eigenvalue weighted by Gasteiger charge is -2.33. The number of rotatable bonds is 5. The largest absolute Gasteiger partial charge is 0.379 e. The summed E-state index contributed by atoms with van der Waals surface area (Å²) in [6, 6.07) is 17.6. The smallest absolute Gasteiger partial charge is 0.242 e. The van der Waals surface area contributed by atoms with Gasteiger partial charge in [0.15, 0.2) is 0 Å². The van der Waals surface area contributed by atoms with Gasteiger partial charge in [-0.3, -0.25) is 9.69 Å². The topological polar surface area (TPSA) is 41.6 Å². The predicted molar refractivity (Wildman–Crippen MR) is 99.1 cm³/mol. The van der Waals surface area contributed by atoms with Crippen LogP contribution in [0.2, 0.25) is 0 Å². The van der Waals surface area contributed by atoms with Crippen LogP contribution in [-0.2, 0) is 16.0 Å². The quantitative estimate of drug-likeness (QED) is 0.853. The van der Waals surface area contributed by atoms with Gasteiger partial charge in [0.25, 0.3) is 0 Å². The highest BCUT2D eigenvalue weighted by Gasteiger charge is 2.27. The highest BCUT2D eigenvalue weighted by molar-refractivity contribution is 9.10. The summed E-state index contributed by atoms with van der Waals surface area (Å²) in [6.45, 7) is 2.92. The Hall–Kier alpha value is -1.69. The molecule has 1 unspecified atom stereocenters. The fourth-order valence-electron chi connectivity index (χ4n) is 2.87. The monoisotopic (exact) mass is 388 g/mol. The number of nitrogens with one attached hydrogen (secondary N) is 1. The second-order valence-electron chi connectivity index (χ2n) is 5.85. The summed E-state index contributed by atoms with van der Waals surface area (Å²) in [6.07, 6.45) is 0.698. The summed E-state index contributed by atoms with van der Waals surface area (Å²) in [5.74, 6) is 0.0306. The third-order valence-corrected chi connectivity index (χ3v) is 4.70. The zero-order valence-corrected chi connectivity index (χ0v) is 15.0. The molecule has 1 heterocycles. The van der Waals surface area contributed by atoms with Gasteiger partial charge in [-0.1, -0.05) is 46.3 Å². The Morgan fingerprint density at radius 3 is 2.42 bits per heavy atom. The van der Waals surface area contributed by atoms with Crippen LogP contribution in [0.3, 0.4) is 0 Å². The van der Waals surface area contributed by atoms with E-state index in [1.807, 2.05) is 42.5 Å². The fraction of sp³-hybridized carbons (Fsp3) is 0.316. The zero-order valence-electron chi connectivity index (χ0n) is 13.5. The van der Waals surface area contributed by atoms with Gasteiger partial charge >= 0.3 is 0 Å². The molecule has 0 aromatic heterocycles. The molecule has 2 aromatic carbocycles. The van der Waals surface area contributed by atoms with Gasteiger partial charge in [0.2, 0.25) is 5.91 Å². The van der Waals surface area contributed by atoms with E-state index < -0.39 is 0 Å². The third kappa shape index (κ3) is 4.66. The molecule has 0 spiro atoms. The van der Waals surface area contributed by atoms with E-state index >= 15 is 0 Å². The molecule has 1 amide bonds. The Balaban J connectivity index is 1.74. The van der Waals surface area contributed by atoms with Crippen molar-refractivity contribution in [3.63, 3.8) is 0 Å². The van der Waals surface area contributed by atoms with E-state index in [0.717, 1.165) is 23.2 Å². The summed E-state index contributed by atoms with van der Waals surface area (Å²) in [4.78, 5) is 15.1. The predicted octanol–water partition coefficient (Wildman–Crippen LogP) is 3.33. The minimum absolute atomic E-state index is 0.0306. The third-order valence-electron chi connectivity index (χ3n) is 4.17. The Morgan fingerprint density at radius 2 is 1.75 bits per heavy atom. The number of hydrogen-bond acceptors (Lipinski definition) is 3. The van der Waals surface area contributed by atoms with Crippen molar-refractivity contribution in [2.24, 2.45) is 0 Å². The highest BCUT2D eigenvalue weighted by atomic mass is 79.9. The van der Waals surface area contributed by atoms with Crippen LogP contribution in [0.5, 0.6) is 0 Å². The summed E-state index contributed by atoms with van der Waals surface area (Å²) in [7, 11) is 0. The summed E-state index contributed by atoms with van der Waals surface area (Å²) < 4.78 is 6.43. The van der Waals surface area contributed by atoms with E-state index in [4.69, 9.17) is 4.74 Å². The van der Waals surface area contributed by atoms with Crippen LogP contribution in [0.1, 0.15) is 5.56 Å². The Kier molecular flexibility index (Phi) is 6.01. The van der Waals surface area contributed by atoms with Crippen LogP contribution in [-0.4, -0.2) is 43.2 Å². The van der Waals surface area contributed by atoms with Crippen LogP contribution < -0.4 is 5.32 Å². The average molecular weight is 389 g/mol. The number of halogens is 1. The maximum Gasteiger partial charge on any atom is 0.242 e. The maximum atomic E-state index is 12.9. The lowest BCUT2D eigenvalue weighted by molar-refractivity contribution is -0.123. The van der Waals surface area contributed by atoms with Gasteiger partial charge in [0.1, 0.15) is 0 Å². The molecule has 0 bridgehead atoms. The van der Waals surface area contributed by atoms with Crippen molar-refractivity contribution in [2.45, 2.75) is 12.5 Å².